The first kappa shape index (κ1) is 16.8. The number of benzene rings is 2. The van der Waals surface area contributed by atoms with Crippen molar-refractivity contribution in [2.45, 2.75) is 6.10 Å². The van der Waals surface area contributed by atoms with Gasteiger partial charge in [0.25, 0.3) is 0 Å². The van der Waals surface area contributed by atoms with Crippen LogP contribution in [0.15, 0.2) is 55.9 Å². The van der Waals surface area contributed by atoms with Crippen LogP contribution < -0.4 is 10.1 Å². The van der Waals surface area contributed by atoms with Gasteiger partial charge in [-0.3, -0.25) is 0 Å². The maximum atomic E-state index is 9.96. The van der Waals surface area contributed by atoms with Crippen LogP contribution in [0.25, 0.3) is 0 Å². The van der Waals surface area contributed by atoms with E-state index in [9.17, 15) is 5.11 Å². The van der Waals surface area contributed by atoms with E-state index < -0.39 is 6.10 Å². The van der Waals surface area contributed by atoms with Crippen molar-refractivity contribution >= 4 is 53.5 Å². The maximum absolute atomic E-state index is 9.96. The minimum atomic E-state index is -0.598. The fraction of sp³-hybridized carbons (Fsp3) is 0.200. The molecule has 0 spiro atoms. The number of rotatable bonds is 6. The molecule has 0 heterocycles. The molecule has 3 nitrogen and oxygen atoms in total. The van der Waals surface area contributed by atoms with E-state index in [0.717, 1.165) is 24.9 Å². The van der Waals surface area contributed by atoms with Gasteiger partial charge in [-0.05, 0) is 58.4 Å². The highest BCUT2D eigenvalue weighted by molar-refractivity contribution is 9.11. The number of hydrogen-bond acceptors (Lipinski definition) is 3. The fourth-order valence-corrected chi connectivity index (χ4v) is 2.66. The van der Waals surface area contributed by atoms with Gasteiger partial charge >= 0.3 is 0 Å². The van der Waals surface area contributed by atoms with Crippen molar-refractivity contribution in [3.05, 3.63) is 55.9 Å². The number of hydrogen-bond donors (Lipinski definition) is 2. The van der Waals surface area contributed by atoms with Gasteiger partial charge in [-0.15, -0.1) is 0 Å². The summed E-state index contributed by atoms with van der Waals surface area (Å²) in [6.07, 6.45) is -0.598. The van der Waals surface area contributed by atoms with Crippen molar-refractivity contribution in [2.24, 2.45) is 0 Å². The average molecular weight is 480 g/mol. The second-order valence-corrected chi connectivity index (χ2v) is 7.11. The largest absolute Gasteiger partial charge is 0.491 e. The first-order valence-corrected chi connectivity index (χ1v) is 8.68. The molecule has 2 rings (SSSR count). The molecule has 2 N–H and O–H groups in total. The number of halogens is 3. The third kappa shape index (κ3) is 5.62. The Morgan fingerprint density at radius 3 is 2.38 bits per heavy atom. The van der Waals surface area contributed by atoms with Gasteiger partial charge in [0.15, 0.2) is 0 Å². The van der Waals surface area contributed by atoms with Crippen molar-refractivity contribution in [3.63, 3.8) is 0 Å². The maximum Gasteiger partial charge on any atom is 0.119 e. The molecule has 0 aromatic heterocycles. The molecule has 0 aliphatic heterocycles. The number of aliphatic hydroxyl groups excluding tert-OH is 1. The monoisotopic (exact) mass is 477 g/mol. The normalized spacial score (nSPS) is 12.0. The average Bonchev–Trinajstić information content (AvgIpc) is 2.47. The lowest BCUT2D eigenvalue weighted by Gasteiger charge is -2.15. The van der Waals surface area contributed by atoms with Gasteiger partial charge in [0.2, 0.25) is 0 Å². The summed E-state index contributed by atoms with van der Waals surface area (Å²) in [4.78, 5) is 0. The molecular formula is C15H14Br3NO2. The van der Waals surface area contributed by atoms with Crippen molar-refractivity contribution < 1.29 is 9.84 Å². The summed E-state index contributed by atoms with van der Waals surface area (Å²) in [6.45, 7) is 0.645. The zero-order chi connectivity index (χ0) is 15.2. The molecule has 6 heteroatoms. The summed E-state index contributed by atoms with van der Waals surface area (Å²) in [7, 11) is 0. The van der Waals surface area contributed by atoms with Gasteiger partial charge in [-0.1, -0.05) is 31.9 Å². The third-order valence-corrected chi connectivity index (χ3v) is 4.43. The van der Waals surface area contributed by atoms with Gasteiger partial charge in [0.05, 0.1) is 0 Å². The van der Waals surface area contributed by atoms with E-state index >= 15 is 0 Å². The zero-order valence-corrected chi connectivity index (χ0v) is 15.8. The predicted octanol–water partition coefficient (Wildman–Crippen LogP) is 4.83. The molecule has 2 aromatic rings. The van der Waals surface area contributed by atoms with Gasteiger partial charge in [0.1, 0.15) is 18.5 Å². The molecule has 0 radical (unpaired) electrons. The molecule has 0 saturated carbocycles. The van der Waals surface area contributed by atoms with E-state index in [4.69, 9.17) is 4.74 Å². The summed E-state index contributed by atoms with van der Waals surface area (Å²) in [5.74, 6) is 0.737. The molecule has 1 atom stereocenters. The highest BCUT2D eigenvalue weighted by atomic mass is 79.9. The summed E-state index contributed by atoms with van der Waals surface area (Å²) >= 11 is 10.2. The van der Waals surface area contributed by atoms with E-state index in [-0.39, 0.29) is 6.61 Å². The van der Waals surface area contributed by atoms with Crippen LogP contribution in [-0.4, -0.2) is 24.4 Å². The molecule has 21 heavy (non-hydrogen) atoms. The predicted molar refractivity (Wildman–Crippen MR) is 96.0 cm³/mol. The molecule has 0 bridgehead atoms. The van der Waals surface area contributed by atoms with Crippen LogP contribution in [0.2, 0.25) is 0 Å². The van der Waals surface area contributed by atoms with E-state index in [1.807, 2.05) is 42.5 Å². The molecule has 0 aliphatic carbocycles. The van der Waals surface area contributed by atoms with Gasteiger partial charge in [-0.2, -0.15) is 0 Å². The summed E-state index contributed by atoms with van der Waals surface area (Å²) in [5.41, 5.74) is 0.923. The summed E-state index contributed by atoms with van der Waals surface area (Å²) in [5, 5.41) is 13.1. The molecule has 0 fully saturated rings. The minimum absolute atomic E-state index is 0.236. The lowest BCUT2D eigenvalue weighted by molar-refractivity contribution is 0.117. The van der Waals surface area contributed by atoms with Crippen molar-refractivity contribution in [1.29, 1.82) is 0 Å². The Morgan fingerprint density at radius 1 is 1.00 bits per heavy atom. The topological polar surface area (TPSA) is 41.5 Å². The summed E-state index contributed by atoms with van der Waals surface area (Å²) < 4.78 is 8.46. The number of anilines is 1. The van der Waals surface area contributed by atoms with Crippen LogP contribution in [-0.2, 0) is 0 Å². The SMILES string of the molecule is OC(CNc1cc(Br)ccc1Br)COc1ccc(Br)cc1. The minimum Gasteiger partial charge on any atom is -0.491 e. The lowest BCUT2D eigenvalue weighted by atomic mass is 10.3. The first-order valence-electron chi connectivity index (χ1n) is 6.30. The highest BCUT2D eigenvalue weighted by Crippen LogP contribution is 2.26. The van der Waals surface area contributed by atoms with E-state index in [1.54, 1.807) is 0 Å². The Hall–Kier alpha value is -0.560. The second kappa shape index (κ2) is 8.17. The van der Waals surface area contributed by atoms with Crippen LogP contribution in [0.1, 0.15) is 0 Å². The van der Waals surface area contributed by atoms with Crippen molar-refractivity contribution in [3.8, 4) is 5.75 Å². The van der Waals surface area contributed by atoms with Crippen molar-refractivity contribution in [1.82, 2.24) is 0 Å². The third-order valence-electron chi connectivity index (χ3n) is 2.71. The Morgan fingerprint density at radius 2 is 1.67 bits per heavy atom. The highest BCUT2D eigenvalue weighted by Gasteiger charge is 2.07. The molecule has 112 valence electrons. The zero-order valence-electron chi connectivity index (χ0n) is 11.0. The van der Waals surface area contributed by atoms with Gasteiger partial charge in [0, 0.05) is 25.7 Å². The Labute approximate surface area is 149 Å². The van der Waals surface area contributed by atoms with Gasteiger partial charge in [-0.25, -0.2) is 0 Å². The number of ether oxygens (including phenoxy) is 1. The Balaban J connectivity index is 1.80. The Bertz CT molecular complexity index is 590. The van der Waals surface area contributed by atoms with E-state index in [2.05, 4.69) is 53.1 Å². The van der Waals surface area contributed by atoms with Crippen LogP contribution >= 0.6 is 47.8 Å². The van der Waals surface area contributed by atoms with E-state index in [1.165, 1.54) is 0 Å². The van der Waals surface area contributed by atoms with Crippen LogP contribution in [0.4, 0.5) is 5.69 Å². The van der Waals surface area contributed by atoms with Crippen LogP contribution in [0, 0.1) is 0 Å². The quantitative estimate of drug-likeness (QED) is 0.623. The van der Waals surface area contributed by atoms with Crippen molar-refractivity contribution in [2.75, 3.05) is 18.5 Å². The smallest absolute Gasteiger partial charge is 0.119 e. The standard InChI is InChI=1S/C15H14Br3NO2/c16-10-1-4-13(5-2-10)21-9-12(20)8-19-15-7-11(17)3-6-14(15)18/h1-7,12,19-20H,8-9H2. The second-order valence-electron chi connectivity index (χ2n) is 4.42. The van der Waals surface area contributed by atoms with Crippen LogP contribution in [0.5, 0.6) is 5.75 Å². The fourth-order valence-electron chi connectivity index (χ4n) is 1.64. The van der Waals surface area contributed by atoms with E-state index in [0.29, 0.717) is 6.54 Å². The summed E-state index contributed by atoms with van der Waals surface area (Å²) in [6, 6.07) is 13.4. The molecular weight excluding hydrogens is 466 g/mol. The van der Waals surface area contributed by atoms with Crippen LogP contribution in [0.3, 0.4) is 0 Å². The number of nitrogens with one attached hydrogen (secondary N) is 1. The lowest BCUT2D eigenvalue weighted by Crippen LogP contribution is -2.26. The Kier molecular flexibility index (Phi) is 6.54. The molecule has 0 amide bonds. The first-order chi connectivity index (χ1) is 10.0. The molecule has 1 unspecified atom stereocenters. The molecule has 0 aliphatic rings. The number of aliphatic hydroxyl groups is 1. The molecule has 0 saturated heterocycles. The van der Waals surface area contributed by atoms with Gasteiger partial charge < -0.3 is 15.2 Å². The molecule has 2 aromatic carbocycles.